The first-order chi connectivity index (χ1) is 13.2. The first-order valence-electron chi connectivity index (χ1n) is 9.43. The molecule has 144 valence electrons. The summed E-state index contributed by atoms with van der Waals surface area (Å²) in [6.45, 7) is 2.83. The monoisotopic (exact) mass is 372 g/mol. The maximum Gasteiger partial charge on any atom is 0.308 e. The Morgan fingerprint density at radius 1 is 1.04 bits per heavy atom. The minimum Gasteiger partial charge on any atom is -0.469 e. The number of fused-ring (bicyclic) bond motifs is 1. The SMILES string of the molecule is COC(=O)C1CCN(C(=O)C2CCN(c3ncnc4nc[nH]c34)CC2)CC1. The second-order valence-corrected chi connectivity index (χ2v) is 7.18. The predicted molar refractivity (Wildman–Crippen MR) is 97.9 cm³/mol. The van der Waals surface area contributed by atoms with Crippen molar-refractivity contribution in [1.82, 2.24) is 24.8 Å². The maximum absolute atomic E-state index is 12.9. The lowest BCUT2D eigenvalue weighted by molar-refractivity contribution is -0.149. The molecule has 4 rings (SSSR count). The number of aromatic nitrogens is 4. The summed E-state index contributed by atoms with van der Waals surface area (Å²) in [5.41, 5.74) is 1.50. The number of rotatable bonds is 3. The second kappa shape index (κ2) is 7.50. The number of ether oxygens (including phenoxy) is 1. The predicted octanol–water partition coefficient (Wildman–Crippen LogP) is 0.981. The summed E-state index contributed by atoms with van der Waals surface area (Å²) in [5, 5.41) is 0. The molecule has 0 saturated carbocycles. The van der Waals surface area contributed by atoms with Gasteiger partial charge in [-0.3, -0.25) is 9.59 Å². The fourth-order valence-electron chi connectivity index (χ4n) is 4.09. The average molecular weight is 372 g/mol. The molecule has 2 aliphatic heterocycles. The summed E-state index contributed by atoms with van der Waals surface area (Å²) in [5.74, 6) is 0.866. The van der Waals surface area contributed by atoms with Crippen molar-refractivity contribution in [2.24, 2.45) is 11.8 Å². The summed E-state index contributed by atoms with van der Waals surface area (Å²) in [6, 6.07) is 0. The Kier molecular flexibility index (Phi) is 4.91. The molecule has 4 heterocycles. The smallest absolute Gasteiger partial charge is 0.308 e. The Bertz CT molecular complexity index is 821. The lowest BCUT2D eigenvalue weighted by Crippen LogP contribution is -2.46. The van der Waals surface area contributed by atoms with Crippen LogP contribution in [0.2, 0.25) is 0 Å². The third kappa shape index (κ3) is 3.45. The van der Waals surface area contributed by atoms with Crippen molar-refractivity contribution in [3.05, 3.63) is 12.7 Å². The number of nitrogens with zero attached hydrogens (tertiary/aromatic N) is 5. The number of aromatic amines is 1. The molecule has 0 radical (unpaired) electrons. The molecule has 2 fully saturated rings. The molecule has 0 aromatic carbocycles. The van der Waals surface area contributed by atoms with Crippen LogP contribution in [0, 0.1) is 11.8 Å². The number of carbonyl (C=O) groups is 2. The molecule has 2 aromatic rings. The van der Waals surface area contributed by atoms with Gasteiger partial charge in [-0.15, -0.1) is 0 Å². The molecule has 9 nitrogen and oxygen atoms in total. The standard InChI is InChI=1S/C18H24N6O3/c1-27-18(26)13-4-8-24(9-5-13)17(25)12-2-6-23(7-3-12)16-14-15(20-10-19-14)21-11-22-16/h10-13H,2-9H2,1H3,(H,19,20,21,22). The average Bonchev–Trinajstić information content (AvgIpc) is 3.22. The van der Waals surface area contributed by atoms with Crippen molar-refractivity contribution < 1.29 is 14.3 Å². The normalized spacial score (nSPS) is 19.4. The Hall–Kier alpha value is -2.71. The van der Waals surface area contributed by atoms with Crippen LogP contribution in [0.1, 0.15) is 25.7 Å². The molecule has 1 amide bonds. The molecule has 0 atom stereocenters. The van der Waals surface area contributed by atoms with Crippen molar-refractivity contribution in [2.45, 2.75) is 25.7 Å². The van der Waals surface area contributed by atoms with Crippen LogP contribution in [0.3, 0.4) is 0 Å². The third-order valence-corrected chi connectivity index (χ3v) is 5.69. The van der Waals surface area contributed by atoms with E-state index in [1.54, 1.807) is 6.33 Å². The molecule has 2 aliphatic rings. The van der Waals surface area contributed by atoms with E-state index in [4.69, 9.17) is 4.74 Å². The van der Waals surface area contributed by atoms with E-state index in [9.17, 15) is 9.59 Å². The molecule has 2 aromatic heterocycles. The largest absolute Gasteiger partial charge is 0.469 e. The van der Waals surface area contributed by atoms with Gasteiger partial charge in [0.05, 0.1) is 19.4 Å². The van der Waals surface area contributed by atoms with Crippen LogP contribution in [0.4, 0.5) is 5.82 Å². The van der Waals surface area contributed by atoms with E-state index >= 15 is 0 Å². The van der Waals surface area contributed by atoms with E-state index in [1.165, 1.54) is 13.4 Å². The van der Waals surface area contributed by atoms with Gasteiger partial charge in [0.15, 0.2) is 11.5 Å². The van der Waals surface area contributed by atoms with Crippen LogP contribution >= 0.6 is 0 Å². The molecule has 0 unspecified atom stereocenters. The van der Waals surface area contributed by atoms with Crippen LogP contribution in [0.25, 0.3) is 11.2 Å². The molecule has 9 heteroatoms. The maximum atomic E-state index is 12.9. The van der Waals surface area contributed by atoms with Crippen LogP contribution in [-0.4, -0.2) is 70.0 Å². The summed E-state index contributed by atoms with van der Waals surface area (Å²) in [7, 11) is 1.42. The number of likely N-dealkylation sites (tertiary alicyclic amines) is 1. The van der Waals surface area contributed by atoms with E-state index in [2.05, 4.69) is 24.8 Å². The molecular formula is C18H24N6O3. The number of anilines is 1. The number of imidazole rings is 1. The summed E-state index contributed by atoms with van der Waals surface area (Å²) in [6.07, 6.45) is 6.13. The van der Waals surface area contributed by atoms with E-state index < -0.39 is 0 Å². The summed E-state index contributed by atoms with van der Waals surface area (Å²) < 4.78 is 4.81. The second-order valence-electron chi connectivity index (χ2n) is 7.18. The van der Waals surface area contributed by atoms with Gasteiger partial charge >= 0.3 is 5.97 Å². The number of hydrogen-bond donors (Lipinski definition) is 1. The minimum absolute atomic E-state index is 0.0371. The quantitative estimate of drug-likeness (QED) is 0.801. The number of carbonyl (C=O) groups excluding carboxylic acids is 2. The lowest BCUT2D eigenvalue weighted by atomic mass is 9.92. The van der Waals surface area contributed by atoms with Crippen molar-refractivity contribution in [3.63, 3.8) is 0 Å². The Labute approximate surface area is 157 Å². The first-order valence-corrected chi connectivity index (χ1v) is 9.43. The fourth-order valence-corrected chi connectivity index (χ4v) is 4.09. The van der Waals surface area contributed by atoms with Crippen molar-refractivity contribution in [2.75, 3.05) is 38.2 Å². The van der Waals surface area contributed by atoms with Gasteiger partial charge in [0.25, 0.3) is 0 Å². The van der Waals surface area contributed by atoms with E-state index in [1.807, 2.05) is 4.90 Å². The molecule has 0 bridgehead atoms. The highest BCUT2D eigenvalue weighted by Gasteiger charge is 2.33. The van der Waals surface area contributed by atoms with Gasteiger partial charge in [-0.2, -0.15) is 0 Å². The van der Waals surface area contributed by atoms with Gasteiger partial charge < -0.3 is 19.5 Å². The number of methoxy groups -OCH3 is 1. The number of nitrogens with one attached hydrogen (secondary N) is 1. The molecular weight excluding hydrogens is 348 g/mol. The Balaban J connectivity index is 1.33. The molecule has 27 heavy (non-hydrogen) atoms. The Morgan fingerprint density at radius 3 is 2.44 bits per heavy atom. The van der Waals surface area contributed by atoms with Crippen LogP contribution in [-0.2, 0) is 14.3 Å². The highest BCUT2D eigenvalue weighted by molar-refractivity contribution is 5.83. The fraction of sp³-hybridized carbons (Fsp3) is 0.611. The highest BCUT2D eigenvalue weighted by Crippen LogP contribution is 2.28. The highest BCUT2D eigenvalue weighted by atomic mass is 16.5. The van der Waals surface area contributed by atoms with Crippen LogP contribution in [0.5, 0.6) is 0 Å². The van der Waals surface area contributed by atoms with Gasteiger partial charge in [0.2, 0.25) is 5.91 Å². The number of H-pyrrole nitrogens is 1. The van der Waals surface area contributed by atoms with Gasteiger partial charge in [-0.25, -0.2) is 15.0 Å². The zero-order valence-electron chi connectivity index (χ0n) is 15.4. The number of hydrogen-bond acceptors (Lipinski definition) is 7. The number of esters is 1. The van der Waals surface area contributed by atoms with Gasteiger partial charge in [0.1, 0.15) is 11.8 Å². The molecule has 0 spiro atoms. The van der Waals surface area contributed by atoms with E-state index in [0.717, 1.165) is 37.3 Å². The number of piperidine rings is 2. The van der Waals surface area contributed by atoms with Crippen LogP contribution in [0.15, 0.2) is 12.7 Å². The third-order valence-electron chi connectivity index (χ3n) is 5.69. The van der Waals surface area contributed by atoms with Gasteiger partial charge in [-0.1, -0.05) is 0 Å². The topological polar surface area (TPSA) is 104 Å². The van der Waals surface area contributed by atoms with E-state index in [0.29, 0.717) is 31.6 Å². The zero-order chi connectivity index (χ0) is 18.8. The molecule has 1 N–H and O–H groups in total. The van der Waals surface area contributed by atoms with Gasteiger partial charge in [-0.05, 0) is 25.7 Å². The molecule has 2 saturated heterocycles. The summed E-state index contributed by atoms with van der Waals surface area (Å²) in [4.78, 5) is 44.4. The lowest BCUT2D eigenvalue weighted by Gasteiger charge is -2.37. The van der Waals surface area contributed by atoms with Crippen LogP contribution < -0.4 is 4.90 Å². The molecule has 0 aliphatic carbocycles. The van der Waals surface area contributed by atoms with E-state index in [-0.39, 0.29) is 23.7 Å². The number of amides is 1. The van der Waals surface area contributed by atoms with Crippen molar-refractivity contribution in [3.8, 4) is 0 Å². The summed E-state index contributed by atoms with van der Waals surface area (Å²) >= 11 is 0. The first kappa shape index (κ1) is 17.7. The Morgan fingerprint density at radius 2 is 1.74 bits per heavy atom. The zero-order valence-corrected chi connectivity index (χ0v) is 15.4. The minimum atomic E-state index is -0.162. The van der Waals surface area contributed by atoms with Gasteiger partial charge in [0, 0.05) is 32.1 Å². The van der Waals surface area contributed by atoms with Crippen molar-refractivity contribution in [1.29, 1.82) is 0 Å². The van der Waals surface area contributed by atoms with Crippen molar-refractivity contribution >= 4 is 28.9 Å².